The number of rotatable bonds is 6. The quantitative estimate of drug-likeness (QED) is 0.190. The molecule has 0 fully saturated rings. The molecule has 0 bridgehead atoms. The first-order chi connectivity index (χ1) is 16.6. The highest BCUT2D eigenvalue weighted by Gasteiger charge is 2.31. The number of hydrogen-bond acceptors (Lipinski definition) is 5. The van der Waals surface area contributed by atoms with Crippen molar-refractivity contribution in [3.05, 3.63) is 94.0 Å². The van der Waals surface area contributed by atoms with Gasteiger partial charge in [0.15, 0.2) is 0 Å². The van der Waals surface area contributed by atoms with Crippen LogP contribution in [0.15, 0.2) is 72.3 Å². The summed E-state index contributed by atoms with van der Waals surface area (Å²) in [5.41, 5.74) is -1.09. The van der Waals surface area contributed by atoms with Crippen LogP contribution in [-0.2, 0) is 11.0 Å². The molecule has 0 aliphatic rings. The maximum Gasteiger partial charge on any atom is 0.416 e. The van der Waals surface area contributed by atoms with Crippen LogP contribution in [0.2, 0.25) is 5.02 Å². The summed E-state index contributed by atoms with van der Waals surface area (Å²) in [4.78, 5) is 24.9. The molecule has 0 atom stereocenters. The normalized spacial score (nSPS) is 11.4. The predicted octanol–water partition coefficient (Wildman–Crippen LogP) is 6.13. The number of nitrogens with one attached hydrogen (secondary N) is 1. The number of hydrogen-bond donors (Lipinski definition) is 1. The molecule has 0 saturated carbocycles. The number of benzene rings is 3. The van der Waals surface area contributed by atoms with Crippen LogP contribution < -0.4 is 14.8 Å². The Balaban J connectivity index is 1.78. The maximum atomic E-state index is 13.0. The number of alkyl halides is 3. The van der Waals surface area contributed by atoms with E-state index in [9.17, 15) is 28.0 Å². The second-order valence-electron chi connectivity index (χ2n) is 7.01. The molecule has 35 heavy (non-hydrogen) atoms. The Morgan fingerprint density at radius 3 is 2.37 bits per heavy atom. The second kappa shape index (κ2) is 10.8. The van der Waals surface area contributed by atoms with Gasteiger partial charge in [-0.1, -0.05) is 23.7 Å². The van der Waals surface area contributed by atoms with Crippen molar-refractivity contribution in [1.29, 1.82) is 5.26 Å². The Hall–Kier alpha value is -4.29. The lowest BCUT2D eigenvalue weighted by atomic mass is 10.1. The lowest BCUT2D eigenvalue weighted by Crippen LogP contribution is -2.15. The van der Waals surface area contributed by atoms with Crippen molar-refractivity contribution in [1.82, 2.24) is 0 Å². The average Bonchev–Trinajstić information content (AvgIpc) is 2.83. The first-order valence-electron chi connectivity index (χ1n) is 9.87. The van der Waals surface area contributed by atoms with Crippen LogP contribution in [0, 0.1) is 11.3 Å². The van der Waals surface area contributed by atoms with E-state index >= 15 is 0 Å². The summed E-state index contributed by atoms with van der Waals surface area (Å²) >= 11 is 5.90. The number of methoxy groups -OCH3 is 1. The van der Waals surface area contributed by atoms with Crippen molar-refractivity contribution < 1.29 is 32.2 Å². The number of halogens is 4. The van der Waals surface area contributed by atoms with Crippen LogP contribution >= 0.6 is 11.6 Å². The Morgan fingerprint density at radius 2 is 1.74 bits per heavy atom. The molecule has 0 aliphatic heterocycles. The van der Waals surface area contributed by atoms with Crippen molar-refractivity contribution in [3.63, 3.8) is 0 Å². The van der Waals surface area contributed by atoms with Gasteiger partial charge in [0.2, 0.25) is 0 Å². The van der Waals surface area contributed by atoms with E-state index in [0.29, 0.717) is 17.4 Å². The summed E-state index contributed by atoms with van der Waals surface area (Å²) in [5, 5.41) is 11.5. The Morgan fingerprint density at radius 1 is 1.03 bits per heavy atom. The van der Waals surface area contributed by atoms with E-state index in [1.54, 1.807) is 30.3 Å². The SMILES string of the molecule is COc1ccc(C(=O)Oc2cccc(C=C(C#N)C(=O)Nc3cc(C(F)(F)F)ccc3Cl)c2)cc1. The number of carbonyl (C=O) groups is 2. The van der Waals surface area contributed by atoms with Crippen LogP contribution in [0.3, 0.4) is 0 Å². The van der Waals surface area contributed by atoms with E-state index < -0.39 is 29.2 Å². The van der Waals surface area contributed by atoms with Gasteiger partial charge < -0.3 is 14.8 Å². The Bertz CT molecular complexity index is 1330. The third-order valence-electron chi connectivity index (χ3n) is 4.61. The van der Waals surface area contributed by atoms with E-state index in [2.05, 4.69) is 5.32 Å². The summed E-state index contributed by atoms with van der Waals surface area (Å²) in [6.45, 7) is 0. The van der Waals surface area contributed by atoms with Crippen LogP contribution in [0.1, 0.15) is 21.5 Å². The summed E-state index contributed by atoms with van der Waals surface area (Å²) in [5.74, 6) is -0.874. The van der Waals surface area contributed by atoms with E-state index in [0.717, 1.165) is 12.1 Å². The molecule has 3 aromatic carbocycles. The van der Waals surface area contributed by atoms with Gasteiger partial charge in [0.1, 0.15) is 23.1 Å². The fraction of sp³-hybridized carbons (Fsp3) is 0.0800. The van der Waals surface area contributed by atoms with Gasteiger partial charge in [-0.15, -0.1) is 0 Å². The minimum absolute atomic E-state index is 0.129. The van der Waals surface area contributed by atoms with E-state index in [1.807, 2.05) is 0 Å². The molecule has 1 N–H and O–H groups in total. The predicted molar refractivity (Wildman–Crippen MR) is 123 cm³/mol. The highest BCUT2D eigenvalue weighted by Crippen LogP contribution is 2.34. The number of nitrogens with zero attached hydrogens (tertiary/aromatic N) is 1. The summed E-state index contributed by atoms with van der Waals surface area (Å²) in [6.07, 6.45) is -3.44. The zero-order valence-electron chi connectivity index (χ0n) is 18.0. The van der Waals surface area contributed by atoms with Crippen molar-refractivity contribution in [2.45, 2.75) is 6.18 Å². The minimum Gasteiger partial charge on any atom is -0.497 e. The van der Waals surface area contributed by atoms with Gasteiger partial charge >= 0.3 is 12.1 Å². The molecule has 3 aromatic rings. The Labute approximate surface area is 203 Å². The van der Waals surface area contributed by atoms with Crippen LogP contribution in [0.25, 0.3) is 6.08 Å². The highest BCUT2D eigenvalue weighted by atomic mass is 35.5. The third-order valence-corrected chi connectivity index (χ3v) is 4.94. The monoisotopic (exact) mass is 500 g/mol. The largest absolute Gasteiger partial charge is 0.497 e. The standard InChI is InChI=1S/C25H16ClF3N2O4/c1-34-19-8-5-16(6-9-19)24(33)35-20-4-2-3-15(12-20)11-17(14-30)23(32)31-22-13-18(25(27,28)29)7-10-21(22)26/h2-13H,1H3,(H,31,32). The molecule has 0 spiro atoms. The highest BCUT2D eigenvalue weighted by molar-refractivity contribution is 6.34. The second-order valence-corrected chi connectivity index (χ2v) is 7.41. The zero-order chi connectivity index (χ0) is 25.6. The van der Waals surface area contributed by atoms with Gasteiger partial charge in [0, 0.05) is 0 Å². The molecule has 178 valence electrons. The van der Waals surface area contributed by atoms with E-state index in [-0.39, 0.29) is 22.0 Å². The number of anilines is 1. The zero-order valence-corrected chi connectivity index (χ0v) is 18.8. The average molecular weight is 501 g/mol. The van der Waals surface area contributed by atoms with E-state index in [4.69, 9.17) is 21.1 Å². The lowest BCUT2D eigenvalue weighted by molar-refractivity contribution is -0.137. The number of esters is 1. The van der Waals surface area contributed by atoms with Crippen LogP contribution in [-0.4, -0.2) is 19.0 Å². The molecule has 3 rings (SSSR count). The molecule has 0 aliphatic carbocycles. The number of carbonyl (C=O) groups excluding carboxylic acids is 2. The maximum absolute atomic E-state index is 13.0. The molecule has 0 saturated heterocycles. The molecule has 1 amide bonds. The van der Waals surface area contributed by atoms with Gasteiger partial charge in [-0.2, -0.15) is 18.4 Å². The third kappa shape index (κ3) is 6.62. The van der Waals surface area contributed by atoms with Gasteiger partial charge in [-0.05, 0) is 66.2 Å². The topological polar surface area (TPSA) is 88.4 Å². The first-order valence-corrected chi connectivity index (χ1v) is 10.2. The molecule has 0 aromatic heterocycles. The number of amides is 1. The van der Waals surface area contributed by atoms with Gasteiger partial charge in [-0.3, -0.25) is 4.79 Å². The minimum atomic E-state index is -4.64. The molecule has 0 heterocycles. The molecule has 10 heteroatoms. The van der Waals surface area contributed by atoms with Crippen molar-refractivity contribution in [3.8, 4) is 17.6 Å². The summed E-state index contributed by atoms with van der Waals surface area (Å²) < 4.78 is 49.2. The molecule has 0 radical (unpaired) electrons. The van der Waals surface area contributed by atoms with Crippen LogP contribution in [0.4, 0.5) is 18.9 Å². The summed E-state index contributed by atoms with van der Waals surface area (Å²) in [6, 6.07) is 16.4. The van der Waals surface area contributed by atoms with Crippen molar-refractivity contribution in [2.24, 2.45) is 0 Å². The van der Waals surface area contributed by atoms with Gasteiger partial charge in [0.05, 0.1) is 28.9 Å². The molecular formula is C25H16ClF3N2O4. The number of ether oxygens (including phenoxy) is 2. The fourth-order valence-corrected chi connectivity index (χ4v) is 3.03. The summed E-state index contributed by atoms with van der Waals surface area (Å²) in [7, 11) is 1.50. The molecular weight excluding hydrogens is 485 g/mol. The number of nitriles is 1. The fourth-order valence-electron chi connectivity index (χ4n) is 2.86. The van der Waals surface area contributed by atoms with E-state index in [1.165, 1.54) is 37.5 Å². The van der Waals surface area contributed by atoms with Gasteiger partial charge in [0.25, 0.3) is 5.91 Å². The van der Waals surface area contributed by atoms with Crippen LogP contribution in [0.5, 0.6) is 11.5 Å². The van der Waals surface area contributed by atoms with Crippen molar-refractivity contribution >= 4 is 35.2 Å². The first kappa shape index (κ1) is 25.3. The Kier molecular flexibility index (Phi) is 7.79. The smallest absolute Gasteiger partial charge is 0.416 e. The molecule has 6 nitrogen and oxygen atoms in total. The van der Waals surface area contributed by atoms with Gasteiger partial charge in [-0.25, -0.2) is 4.79 Å². The van der Waals surface area contributed by atoms with Crippen molar-refractivity contribution in [2.75, 3.05) is 12.4 Å². The molecule has 0 unspecified atom stereocenters. The lowest BCUT2D eigenvalue weighted by Gasteiger charge is -2.11.